The van der Waals surface area contributed by atoms with Crippen LogP contribution in [0.2, 0.25) is 5.02 Å². The number of carbonyl (C=O) groups is 2. The number of fused-ring (bicyclic) bond motifs is 1. The zero-order valence-corrected chi connectivity index (χ0v) is 18.9. The van der Waals surface area contributed by atoms with Gasteiger partial charge in [0.25, 0.3) is 0 Å². The van der Waals surface area contributed by atoms with Crippen molar-refractivity contribution in [1.82, 2.24) is 4.90 Å². The fourth-order valence-electron chi connectivity index (χ4n) is 4.60. The van der Waals surface area contributed by atoms with Gasteiger partial charge in [0.05, 0.1) is 24.1 Å². The first-order chi connectivity index (χ1) is 15.0. The maximum Gasteiger partial charge on any atom is 0.410 e. The normalized spacial score (nSPS) is 17.0. The quantitative estimate of drug-likeness (QED) is 0.680. The molecule has 1 aliphatic heterocycles. The van der Waals surface area contributed by atoms with Crippen molar-refractivity contribution in [3.05, 3.63) is 50.9 Å². The molecule has 2 heterocycles. The Labute approximate surface area is 190 Å². The van der Waals surface area contributed by atoms with Gasteiger partial charge < -0.3 is 15.0 Å². The number of thiophene rings is 1. The lowest BCUT2D eigenvalue weighted by Crippen LogP contribution is -2.38. The molecular weight excluding hydrogens is 434 g/mol. The molecule has 1 aromatic heterocycles. The van der Waals surface area contributed by atoms with Crippen molar-refractivity contribution in [2.24, 2.45) is 0 Å². The summed E-state index contributed by atoms with van der Waals surface area (Å²) < 4.78 is 5.11. The van der Waals surface area contributed by atoms with E-state index in [4.69, 9.17) is 16.3 Å². The van der Waals surface area contributed by atoms with E-state index in [1.165, 1.54) is 11.3 Å². The molecule has 2 aromatic rings. The lowest BCUT2D eigenvalue weighted by atomic mass is 9.78. The molecule has 0 saturated heterocycles. The second-order valence-corrected chi connectivity index (χ2v) is 9.48. The molecule has 0 radical (unpaired) electrons. The molecule has 6 nitrogen and oxygen atoms in total. The molecule has 8 heteroatoms. The van der Waals surface area contributed by atoms with E-state index >= 15 is 0 Å². The van der Waals surface area contributed by atoms with E-state index in [1.807, 2.05) is 24.3 Å². The molecule has 1 aromatic carbocycles. The van der Waals surface area contributed by atoms with Crippen LogP contribution in [0.3, 0.4) is 0 Å². The number of hydrogen-bond acceptors (Lipinski definition) is 5. The Bertz CT molecular complexity index is 1040. The highest BCUT2D eigenvalue weighted by Crippen LogP contribution is 2.44. The molecule has 1 aliphatic carbocycles. The van der Waals surface area contributed by atoms with Gasteiger partial charge in [0.1, 0.15) is 11.1 Å². The van der Waals surface area contributed by atoms with Gasteiger partial charge in [-0.05, 0) is 49.4 Å². The highest BCUT2D eigenvalue weighted by atomic mass is 35.5. The van der Waals surface area contributed by atoms with E-state index in [0.717, 1.165) is 41.7 Å². The summed E-state index contributed by atoms with van der Waals surface area (Å²) in [6.45, 7) is 2.99. The Morgan fingerprint density at radius 3 is 2.65 bits per heavy atom. The smallest absolute Gasteiger partial charge is 0.410 e. The van der Waals surface area contributed by atoms with E-state index in [1.54, 1.807) is 11.8 Å². The van der Waals surface area contributed by atoms with Gasteiger partial charge in [0.2, 0.25) is 5.91 Å². The molecule has 2 amide bonds. The van der Waals surface area contributed by atoms with Gasteiger partial charge in [-0.15, -0.1) is 11.3 Å². The fraction of sp³-hybridized carbons (Fsp3) is 0.435. The number of benzene rings is 1. The van der Waals surface area contributed by atoms with Crippen LogP contribution < -0.4 is 5.32 Å². The minimum Gasteiger partial charge on any atom is -0.450 e. The average molecular weight is 458 g/mol. The summed E-state index contributed by atoms with van der Waals surface area (Å²) >= 11 is 7.44. The number of amides is 2. The Kier molecular flexibility index (Phi) is 6.22. The van der Waals surface area contributed by atoms with Gasteiger partial charge in [-0.1, -0.05) is 36.6 Å². The number of halogens is 1. The number of ether oxygens (including phenoxy) is 1. The maximum atomic E-state index is 13.5. The van der Waals surface area contributed by atoms with Crippen LogP contribution in [0.1, 0.15) is 54.2 Å². The monoisotopic (exact) mass is 457 g/mol. The molecule has 31 heavy (non-hydrogen) atoms. The van der Waals surface area contributed by atoms with Crippen molar-refractivity contribution < 1.29 is 14.3 Å². The molecule has 162 valence electrons. The van der Waals surface area contributed by atoms with Crippen LogP contribution in [0.4, 0.5) is 9.80 Å². The summed E-state index contributed by atoms with van der Waals surface area (Å²) in [4.78, 5) is 28.2. The zero-order valence-electron chi connectivity index (χ0n) is 17.4. The molecule has 4 rings (SSSR count). The van der Waals surface area contributed by atoms with E-state index in [-0.39, 0.29) is 12.0 Å². The van der Waals surface area contributed by atoms with Crippen LogP contribution >= 0.6 is 22.9 Å². The number of hydrogen-bond donors (Lipinski definition) is 1. The predicted molar refractivity (Wildman–Crippen MR) is 120 cm³/mol. The number of rotatable bonds is 4. The number of anilines is 1. The van der Waals surface area contributed by atoms with Crippen molar-refractivity contribution >= 4 is 39.9 Å². The fourth-order valence-corrected chi connectivity index (χ4v) is 5.93. The summed E-state index contributed by atoms with van der Waals surface area (Å²) in [6.07, 6.45) is 3.73. The lowest BCUT2D eigenvalue weighted by Gasteiger charge is -2.28. The molecule has 2 aliphatic rings. The third-order valence-corrected chi connectivity index (χ3v) is 7.59. The zero-order chi connectivity index (χ0) is 22.0. The van der Waals surface area contributed by atoms with Crippen molar-refractivity contribution in [2.75, 3.05) is 18.5 Å². The topological polar surface area (TPSA) is 82.4 Å². The van der Waals surface area contributed by atoms with Crippen LogP contribution in [0.15, 0.2) is 24.3 Å². The van der Waals surface area contributed by atoms with Crippen molar-refractivity contribution in [1.29, 1.82) is 5.26 Å². The molecule has 0 unspecified atom stereocenters. The number of carbonyl (C=O) groups excluding carboxylic acids is 2. The number of nitrogens with one attached hydrogen (secondary N) is 1. The van der Waals surface area contributed by atoms with Gasteiger partial charge in [0.15, 0.2) is 0 Å². The molecule has 1 fully saturated rings. The number of nitriles is 1. The first-order valence-electron chi connectivity index (χ1n) is 10.5. The third kappa shape index (κ3) is 4.02. The molecule has 0 atom stereocenters. The minimum absolute atomic E-state index is 0.0790. The summed E-state index contributed by atoms with van der Waals surface area (Å²) in [7, 11) is 0. The summed E-state index contributed by atoms with van der Waals surface area (Å²) in [5.74, 6) is -0.0790. The highest BCUT2D eigenvalue weighted by Gasteiger charge is 2.43. The van der Waals surface area contributed by atoms with Gasteiger partial charge in [-0.25, -0.2) is 4.79 Å². The van der Waals surface area contributed by atoms with Crippen molar-refractivity contribution in [2.45, 2.75) is 51.0 Å². The van der Waals surface area contributed by atoms with E-state index in [9.17, 15) is 14.9 Å². The summed E-state index contributed by atoms with van der Waals surface area (Å²) in [5, 5.41) is 14.1. The van der Waals surface area contributed by atoms with E-state index < -0.39 is 5.41 Å². The maximum absolute atomic E-state index is 13.5. The third-order valence-electron chi connectivity index (χ3n) is 6.21. The van der Waals surface area contributed by atoms with Gasteiger partial charge in [-0.3, -0.25) is 4.79 Å². The minimum atomic E-state index is -0.612. The van der Waals surface area contributed by atoms with E-state index in [0.29, 0.717) is 41.7 Å². The lowest BCUT2D eigenvalue weighted by molar-refractivity contribution is -0.121. The second kappa shape index (κ2) is 8.89. The van der Waals surface area contributed by atoms with Crippen LogP contribution in [0.5, 0.6) is 0 Å². The molecule has 1 saturated carbocycles. The predicted octanol–water partition coefficient (Wildman–Crippen LogP) is 5.24. The average Bonchev–Trinajstić information content (AvgIpc) is 3.39. The van der Waals surface area contributed by atoms with Gasteiger partial charge in [0, 0.05) is 16.4 Å². The number of nitrogens with zero attached hydrogens (tertiary/aromatic N) is 2. The first-order valence-corrected chi connectivity index (χ1v) is 11.7. The molecule has 0 spiro atoms. The Morgan fingerprint density at radius 2 is 2.00 bits per heavy atom. The largest absolute Gasteiger partial charge is 0.450 e. The van der Waals surface area contributed by atoms with Crippen molar-refractivity contribution in [3.63, 3.8) is 0 Å². The van der Waals surface area contributed by atoms with Crippen LogP contribution in [-0.2, 0) is 27.9 Å². The molecule has 1 N–H and O–H groups in total. The Balaban J connectivity index is 1.61. The van der Waals surface area contributed by atoms with Crippen LogP contribution in [-0.4, -0.2) is 30.1 Å². The van der Waals surface area contributed by atoms with Crippen LogP contribution in [0.25, 0.3) is 0 Å². The Morgan fingerprint density at radius 1 is 1.29 bits per heavy atom. The van der Waals surface area contributed by atoms with Crippen molar-refractivity contribution in [3.8, 4) is 6.07 Å². The highest BCUT2D eigenvalue weighted by molar-refractivity contribution is 7.16. The van der Waals surface area contributed by atoms with E-state index in [2.05, 4.69) is 11.4 Å². The molecular formula is C23H24ClN3O3S. The van der Waals surface area contributed by atoms with Crippen LogP contribution in [0, 0.1) is 11.3 Å². The SMILES string of the molecule is CCOC(=O)N1CCc2c(sc(NC(=O)C3(c4ccc(Cl)cc4)CCCC3)c2C#N)C1. The summed E-state index contributed by atoms with van der Waals surface area (Å²) in [5.41, 5.74) is 1.79. The van der Waals surface area contributed by atoms with Gasteiger partial charge >= 0.3 is 6.09 Å². The Hall–Kier alpha value is -2.56. The molecule has 0 bridgehead atoms. The summed E-state index contributed by atoms with van der Waals surface area (Å²) in [6, 6.07) is 9.76. The second-order valence-electron chi connectivity index (χ2n) is 7.94. The first kappa shape index (κ1) is 21.7. The van der Waals surface area contributed by atoms with Gasteiger partial charge in [-0.2, -0.15) is 5.26 Å². The standard InChI is InChI=1S/C23H24ClN3O3S/c1-2-30-22(29)27-12-9-17-18(13-25)20(31-19(17)14-27)26-21(28)23(10-3-4-11-23)15-5-7-16(24)8-6-15/h5-8H,2-4,9-12,14H2,1H3,(H,26,28).